The Hall–Kier alpha value is -2.09. The molecule has 0 aromatic heterocycles. The van der Waals surface area contributed by atoms with Gasteiger partial charge in [0.2, 0.25) is 5.88 Å². The molecule has 0 saturated carbocycles. The van der Waals surface area contributed by atoms with Crippen LogP contribution in [0.2, 0.25) is 20.1 Å². The normalized spacial score (nSPS) is 20.1. The van der Waals surface area contributed by atoms with Crippen LogP contribution in [-0.2, 0) is 4.74 Å². The number of nitriles is 1. The lowest BCUT2D eigenvalue weighted by molar-refractivity contribution is 0.277. The fourth-order valence-electron chi connectivity index (χ4n) is 3.93. The van der Waals surface area contributed by atoms with Gasteiger partial charge in [-0.15, -0.1) is 0 Å². The van der Waals surface area contributed by atoms with Gasteiger partial charge in [-0.3, -0.25) is 0 Å². The van der Waals surface area contributed by atoms with Gasteiger partial charge in [0.25, 0.3) is 0 Å². The Morgan fingerprint density at radius 2 is 1.70 bits per heavy atom. The van der Waals surface area contributed by atoms with E-state index in [-0.39, 0.29) is 11.8 Å². The Labute approximate surface area is 194 Å². The first-order chi connectivity index (χ1) is 14.4. The minimum atomic E-state index is -0.382. The highest BCUT2D eigenvalue weighted by Crippen LogP contribution is 2.48. The van der Waals surface area contributed by atoms with Crippen molar-refractivity contribution in [3.63, 3.8) is 0 Å². The molecule has 0 spiro atoms. The molecular weight excluding hydrogens is 462 g/mol. The number of hydrogen-bond donors (Lipinski definition) is 1. The number of benzene rings is 2. The molecule has 1 atom stereocenters. The molecule has 1 heterocycles. The first-order valence-corrected chi connectivity index (χ1v) is 10.8. The van der Waals surface area contributed by atoms with Crippen molar-refractivity contribution in [3.05, 3.63) is 96.0 Å². The van der Waals surface area contributed by atoms with Crippen molar-refractivity contribution in [1.82, 2.24) is 0 Å². The first kappa shape index (κ1) is 21.2. The van der Waals surface area contributed by atoms with Crippen LogP contribution in [0.5, 0.6) is 0 Å². The van der Waals surface area contributed by atoms with E-state index in [0.29, 0.717) is 31.4 Å². The summed E-state index contributed by atoms with van der Waals surface area (Å²) in [6, 6.07) is 12.8. The van der Waals surface area contributed by atoms with Gasteiger partial charge in [0.15, 0.2) is 0 Å². The zero-order valence-corrected chi connectivity index (χ0v) is 18.7. The molecule has 0 amide bonds. The van der Waals surface area contributed by atoms with Crippen LogP contribution in [0.15, 0.2) is 64.8 Å². The van der Waals surface area contributed by atoms with E-state index in [1.165, 1.54) is 0 Å². The Kier molecular flexibility index (Phi) is 6.04. The fourth-order valence-corrected chi connectivity index (χ4v) is 4.91. The van der Waals surface area contributed by atoms with Crippen LogP contribution >= 0.6 is 46.4 Å². The summed E-state index contributed by atoms with van der Waals surface area (Å²) in [5.41, 5.74) is 10.1. The molecular formula is C23H16Cl4N2O. The highest BCUT2D eigenvalue weighted by atomic mass is 35.5. The van der Waals surface area contributed by atoms with Crippen LogP contribution in [0.1, 0.15) is 36.3 Å². The molecule has 1 aliphatic carbocycles. The van der Waals surface area contributed by atoms with Gasteiger partial charge in [-0.05, 0) is 71.9 Å². The van der Waals surface area contributed by atoms with Gasteiger partial charge in [0.05, 0.1) is 5.92 Å². The monoisotopic (exact) mass is 476 g/mol. The van der Waals surface area contributed by atoms with Crippen LogP contribution in [0.25, 0.3) is 6.08 Å². The van der Waals surface area contributed by atoms with Gasteiger partial charge in [0, 0.05) is 20.1 Å². The molecule has 2 aromatic carbocycles. The quantitative estimate of drug-likeness (QED) is 0.483. The zero-order valence-electron chi connectivity index (χ0n) is 15.7. The summed E-state index contributed by atoms with van der Waals surface area (Å²) in [7, 11) is 0. The Morgan fingerprint density at radius 1 is 1.00 bits per heavy atom. The summed E-state index contributed by atoms with van der Waals surface area (Å²) >= 11 is 25.0. The molecule has 30 heavy (non-hydrogen) atoms. The van der Waals surface area contributed by atoms with Gasteiger partial charge in [-0.25, -0.2) is 0 Å². The van der Waals surface area contributed by atoms with Gasteiger partial charge in [-0.2, -0.15) is 5.26 Å². The highest BCUT2D eigenvalue weighted by molar-refractivity contribution is 6.36. The smallest absolute Gasteiger partial charge is 0.205 e. The fraction of sp³-hybridized carbons (Fsp3) is 0.174. The summed E-state index contributed by atoms with van der Waals surface area (Å²) < 4.78 is 5.97. The lowest BCUT2D eigenvalue weighted by Gasteiger charge is -2.33. The summed E-state index contributed by atoms with van der Waals surface area (Å²) in [4.78, 5) is 0. The number of nitrogens with two attached hydrogens (primary N) is 1. The first-order valence-electron chi connectivity index (χ1n) is 9.30. The molecule has 3 nitrogen and oxygen atoms in total. The second-order valence-corrected chi connectivity index (χ2v) is 8.82. The number of halogens is 4. The third-order valence-electron chi connectivity index (χ3n) is 5.28. The molecule has 0 radical (unpaired) electrons. The third-order valence-corrected chi connectivity index (χ3v) is 6.40. The zero-order chi connectivity index (χ0) is 21.4. The van der Waals surface area contributed by atoms with Crippen molar-refractivity contribution in [3.8, 4) is 6.07 Å². The maximum atomic E-state index is 9.79. The average Bonchev–Trinajstić information content (AvgIpc) is 2.70. The molecule has 2 aromatic rings. The summed E-state index contributed by atoms with van der Waals surface area (Å²) in [5, 5.41) is 11.9. The lowest BCUT2D eigenvalue weighted by Crippen LogP contribution is -2.24. The van der Waals surface area contributed by atoms with Gasteiger partial charge >= 0.3 is 0 Å². The molecule has 1 aliphatic heterocycles. The minimum Gasteiger partial charge on any atom is -0.440 e. The standard InChI is InChI=1S/C23H16Cl4N2O/c24-14-5-4-12(19(26)9-14)8-13-2-1-3-17-21(16-7-6-15(25)10-20(16)27)18(11-28)23(29)30-22(13)17/h4-10,21H,1-3,29H2/b13-8-/t21-/m1/s1. The minimum absolute atomic E-state index is 0.0854. The van der Waals surface area contributed by atoms with E-state index < -0.39 is 0 Å². The predicted octanol–water partition coefficient (Wildman–Crippen LogP) is 7.63. The molecule has 0 saturated heterocycles. The maximum Gasteiger partial charge on any atom is 0.205 e. The topological polar surface area (TPSA) is 59.0 Å². The van der Waals surface area contributed by atoms with E-state index in [9.17, 15) is 5.26 Å². The van der Waals surface area contributed by atoms with Crippen molar-refractivity contribution in [2.24, 2.45) is 5.73 Å². The molecule has 4 rings (SSSR count). The number of nitrogens with zero attached hydrogens (tertiary/aromatic N) is 1. The molecule has 7 heteroatoms. The average molecular weight is 478 g/mol. The van der Waals surface area contributed by atoms with Gasteiger partial charge in [0.1, 0.15) is 17.4 Å². The lowest BCUT2D eigenvalue weighted by atomic mass is 9.77. The molecule has 152 valence electrons. The van der Waals surface area contributed by atoms with Crippen LogP contribution in [0.4, 0.5) is 0 Å². The van der Waals surface area contributed by atoms with Crippen molar-refractivity contribution in [2.45, 2.75) is 25.2 Å². The van der Waals surface area contributed by atoms with Crippen LogP contribution in [0, 0.1) is 11.3 Å². The molecule has 0 unspecified atom stereocenters. The van der Waals surface area contributed by atoms with Crippen LogP contribution in [-0.4, -0.2) is 0 Å². The Balaban J connectivity index is 1.87. The van der Waals surface area contributed by atoms with Crippen molar-refractivity contribution in [2.75, 3.05) is 0 Å². The van der Waals surface area contributed by atoms with Crippen molar-refractivity contribution < 1.29 is 4.74 Å². The molecule has 2 N–H and O–H groups in total. The number of ether oxygens (including phenoxy) is 1. The molecule has 0 bridgehead atoms. The summed E-state index contributed by atoms with van der Waals surface area (Å²) in [5.74, 6) is 0.384. The van der Waals surface area contributed by atoms with Crippen molar-refractivity contribution in [1.29, 1.82) is 5.26 Å². The predicted molar refractivity (Wildman–Crippen MR) is 122 cm³/mol. The summed E-state index contributed by atoms with van der Waals surface area (Å²) in [6.07, 6.45) is 4.45. The van der Waals surface area contributed by atoms with Crippen LogP contribution < -0.4 is 5.73 Å². The summed E-state index contributed by atoms with van der Waals surface area (Å²) in [6.45, 7) is 0. The second-order valence-electron chi connectivity index (χ2n) is 7.13. The third kappa shape index (κ3) is 3.94. The number of allylic oxidation sites excluding steroid dienone is 3. The van der Waals surface area contributed by atoms with Crippen LogP contribution in [0.3, 0.4) is 0 Å². The molecule has 2 aliphatic rings. The van der Waals surface area contributed by atoms with E-state index in [4.69, 9.17) is 56.9 Å². The second kappa shape index (κ2) is 8.57. The SMILES string of the molecule is N#CC1=C(N)OC2=C(CCC/C2=C/c2ccc(Cl)cc2Cl)[C@H]1c1ccc(Cl)cc1Cl. The number of rotatable bonds is 2. The highest BCUT2D eigenvalue weighted by Gasteiger charge is 2.36. The molecule has 0 fully saturated rings. The Morgan fingerprint density at radius 3 is 2.37 bits per heavy atom. The van der Waals surface area contributed by atoms with E-state index in [0.717, 1.165) is 41.5 Å². The maximum absolute atomic E-state index is 9.79. The number of hydrogen-bond acceptors (Lipinski definition) is 3. The largest absolute Gasteiger partial charge is 0.440 e. The van der Waals surface area contributed by atoms with Crippen molar-refractivity contribution >= 4 is 52.5 Å². The van der Waals surface area contributed by atoms with E-state index in [2.05, 4.69) is 6.07 Å². The van der Waals surface area contributed by atoms with E-state index >= 15 is 0 Å². The van der Waals surface area contributed by atoms with Gasteiger partial charge in [-0.1, -0.05) is 58.5 Å². The van der Waals surface area contributed by atoms with E-state index in [1.807, 2.05) is 18.2 Å². The Bertz CT molecular complexity index is 1170. The van der Waals surface area contributed by atoms with Gasteiger partial charge < -0.3 is 10.5 Å². The van der Waals surface area contributed by atoms with E-state index in [1.54, 1.807) is 24.3 Å².